The van der Waals surface area contributed by atoms with Gasteiger partial charge >= 0.3 is 10.3 Å². The fourth-order valence-corrected chi connectivity index (χ4v) is 5.19. The molecule has 0 saturated carbocycles. The van der Waals surface area contributed by atoms with Gasteiger partial charge in [0, 0.05) is 6.54 Å². The molecule has 6 heteroatoms. The summed E-state index contributed by atoms with van der Waals surface area (Å²) in [5.74, 6) is 1.55. The second-order valence-electron chi connectivity index (χ2n) is 8.92. The molecule has 0 saturated heterocycles. The topological polar surface area (TPSA) is 66.8 Å². The van der Waals surface area contributed by atoms with Crippen LogP contribution < -0.4 is 9.04 Å². The van der Waals surface area contributed by atoms with Crippen LogP contribution >= 0.6 is 0 Å². The molecule has 0 radical (unpaired) electrons. The third kappa shape index (κ3) is 10.9. The lowest BCUT2D eigenvalue weighted by atomic mass is 9.99. The molecule has 0 heterocycles. The zero-order valence-corrected chi connectivity index (χ0v) is 20.7. The molecular formula is C26H43NO4S. The van der Waals surface area contributed by atoms with Crippen LogP contribution in [0.3, 0.4) is 0 Å². The van der Waals surface area contributed by atoms with Gasteiger partial charge in [-0.1, -0.05) is 76.4 Å². The number of ether oxygens (including phenoxy) is 1. The van der Waals surface area contributed by atoms with Gasteiger partial charge in [-0.3, -0.25) is 4.55 Å². The highest BCUT2D eigenvalue weighted by Gasteiger charge is 2.19. The van der Waals surface area contributed by atoms with Crippen molar-refractivity contribution in [2.24, 2.45) is 5.92 Å². The van der Waals surface area contributed by atoms with Gasteiger partial charge < -0.3 is 4.74 Å². The molecule has 0 bridgehead atoms. The van der Waals surface area contributed by atoms with Crippen LogP contribution in [0.1, 0.15) is 96.8 Å². The summed E-state index contributed by atoms with van der Waals surface area (Å²) < 4.78 is 39.6. The van der Waals surface area contributed by atoms with Crippen molar-refractivity contribution in [2.75, 3.05) is 17.5 Å². The number of hydrogen-bond acceptors (Lipinski definition) is 3. The highest BCUT2D eigenvalue weighted by molar-refractivity contribution is 7.87. The standard InChI is InChI=1S/C26H43NO4S/c1-2-31-26-21-19-25(20-22-26)27(32(28,29)30)23-15-11-9-7-5-3-4-6-8-10-12-16-24-17-13-14-18-24/h13,17,19-22,24H,2-12,14-16,18,23H2,1H3,(H,28,29,30)/t24-/m1/s1. The van der Waals surface area contributed by atoms with Crippen LogP contribution in [0.2, 0.25) is 0 Å². The summed E-state index contributed by atoms with van der Waals surface area (Å²) in [6.45, 7) is 2.75. The van der Waals surface area contributed by atoms with E-state index in [0.29, 0.717) is 24.6 Å². The van der Waals surface area contributed by atoms with Crippen LogP contribution in [0.15, 0.2) is 36.4 Å². The zero-order valence-electron chi connectivity index (χ0n) is 19.9. The molecule has 1 aromatic carbocycles. The van der Waals surface area contributed by atoms with Crippen molar-refractivity contribution in [1.82, 2.24) is 0 Å². The number of allylic oxidation sites excluding steroid dienone is 2. The number of hydrogen-bond donors (Lipinski definition) is 1. The van der Waals surface area contributed by atoms with Gasteiger partial charge in [0.1, 0.15) is 5.75 Å². The highest BCUT2D eigenvalue weighted by Crippen LogP contribution is 2.24. The lowest BCUT2D eigenvalue weighted by molar-refractivity contribution is 0.340. The molecule has 0 unspecified atom stereocenters. The van der Waals surface area contributed by atoms with E-state index in [9.17, 15) is 13.0 Å². The molecule has 1 atom stereocenters. The van der Waals surface area contributed by atoms with Crippen molar-refractivity contribution in [3.05, 3.63) is 36.4 Å². The Labute approximate surface area is 196 Å². The first kappa shape index (κ1) is 26.7. The summed E-state index contributed by atoms with van der Waals surface area (Å²) in [4.78, 5) is 0. The van der Waals surface area contributed by atoms with E-state index in [0.717, 1.165) is 29.5 Å². The minimum atomic E-state index is -4.27. The summed E-state index contributed by atoms with van der Waals surface area (Å²) in [7, 11) is -4.27. The lowest BCUT2D eigenvalue weighted by Gasteiger charge is -2.21. The molecule has 2 rings (SSSR count). The molecule has 1 aliphatic carbocycles. The quantitative estimate of drug-likeness (QED) is 0.140. The average Bonchev–Trinajstić information content (AvgIpc) is 3.28. The molecule has 0 aliphatic heterocycles. The Hall–Kier alpha value is -1.53. The number of benzene rings is 1. The number of anilines is 1. The maximum absolute atomic E-state index is 11.8. The van der Waals surface area contributed by atoms with Gasteiger partial charge in [0.2, 0.25) is 0 Å². The van der Waals surface area contributed by atoms with Crippen LogP contribution in [0.5, 0.6) is 5.75 Å². The molecule has 32 heavy (non-hydrogen) atoms. The second-order valence-corrected chi connectivity index (χ2v) is 10.3. The number of unbranched alkanes of at least 4 members (excludes halogenated alkanes) is 10. The van der Waals surface area contributed by atoms with E-state index < -0.39 is 10.3 Å². The first-order valence-electron chi connectivity index (χ1n) is 12.7. The Kier molecular flexibility index (Phi) is 12.8. The minimum absolute atomic E-state index is 0.295. The van der Waals surface area contributed by atoms with E-state index in [1.807, 2.05) is 6.92 Å². The largest absolute Gasteiger partial charge is 0.494 e. The van der Waals surface area contributed by atoms with E-state index in [2.05, 4.69) is 12.2 Å². The fourth-order valence-electron chi connectivity index (χ4n) is 4.44. The molecule has 0 amide bonds. The summed E-state index contributed by atoms with van der Waals surface area (Å²) in [5.41, 5.74) is 0.468. The van der Waals surface area contributed by atoms with Crippen molar-refractivity contribution in [3.8, 4) is 5.75 Å². The number of nitrogens with zero attached hydrogens (tertiary/aromatic N) is 1. The van der Waals surface area contributed by atoms with E-state index in [1.54, 1.807) is 24.3 Å². The SMILES string of the molecule is CCOc1ccc(N(CCCCCCCCCCCCC[C@@H]2C=CCC2)S(=O)(=O)O)cc1. The van der Waals surface area contributed by atoms with Gasteiger partial charge in [-0.15, -0.1) is 0 Å². The Balaban J connectivity index is 1.49. The van der Waals surface area contributed by atoms with Crippen LogP contribution in [0.25, 0.3) is 0 Å². The van der Waals surface area contributed by atoms with E-state index in [-0.39, 0.29) is 0 Å². The maximum Gasteiger partial charge on any atom is 0.359 e. The van der Waals surface area contributed by atoms with Gasteiger partial charge in [-0.05, 0) is 62.8 Å². The van der Waals surface area contributed by atoms with Gasteiger partial charge in [0.25, 0.3) is 0 Å². The Bertz CT molecular complexity index is 746. The third-order valence-corrected chi connectivity index (χ3v) is 7.21. The predicted octanol–water partition coefficient (Wildman–Crippen LogP) is 7.34. The number of rotatable bonds is 18. The maximum atomic E-state index is 11.8. The Morgan fingerprint density at radius 2 is 1.47 bits per heavy atom. The second kappa shape index (κ2) is 15.3. The fraction of sp³-hybridized carbons (Fsp3) is 0.692. The van der Waals surface area contributed by atoms with Gasteiger partial charge in [0.15, 0.2) is 0 Å². The summed E-state index contributed by atoms with van der Waals surface area (Å²) in [6.07, 6.45) is 22.2. The van der Waals surface area contributed by atoms with Gasteiger partial charge in [-0.25, -0.2) is 4.31 Å². The van der Waals surface area contributed by atoms with Crippen LogP contribution in [0, 0.1) is 5.92 Å². The van der Waals surface area contributed by atoms with Crippen LogP contribution in [-0.2, 0) is 10.3 Å². The van der Waals surface area contributed by atoms with Crippen molar-refractivity contribution in [3.63, 3.8) is 0 Å². The van der Waals surface area contributed by atoms with Gasteiger partial charge in [-0.2, -0.15) is 8.42 Å². The summed E-state index contributed by atoms with van der Waals surface area (Å²) in [5, 5.41) is 0. The molecule has 182 valence electrons. The van der Waals surface area contributed by atoms with Crippen molar-refractivity contribution < 1.29 is 17.7 Å². The van der Waals surface area contributed by atoms with E-state index in [1.165, 1.54) is 70.6 Å². The lowest BCUT2D eigenvalue weighted by Crippen LogP contribution is -2.31. The monoisotopic (exact) mass is 465 g/mol. The Morgan fingerprint density at radius 1 is 0.906 bits per heavy atom. The molecule has 0 spiro atoms. The molecule has 0 aromatic heterocycles. The Morgan fingerprint density at radius 3 is 1.97 bits per heavy atom. The first-order valence-corrected chi connectivity index (χ1v) is 14.0. The zero-order chi connectivity index (χ0) is 23.1. The first-order chi connectivity index (χ1) is 15.5. The molecular weight excluding hydrogens is 422 g/mol. The van der Waals surface area contributed by atoms with Crippen LogP contribution in [-0.4, -0.2) is 26.1 Å². The smallest absolute Gasteiger partial charge is 0.359 e. The van der Waals surface area contributed by atoms with Crippen LogP contribution in [0.4, 0.5) is 5.69 Å². The molecule has 1 N–H and O–H groups in total. The minimum Gasteiger partial charge on any atom is -0.494 e. The third-order valence-electron chi connectivity index (χ3n) is 6.26. The summed E-state index contributed by atoms with van der Waals surface area (Å²) in [6, 6.07) is 6.79. The van der Waals surface area contributed by atoms with Crippen molar-refractivity contribution in [2.45, 2.75) is 96.8 Å². The normalized spacial score (nSPS) is 15.9. The summed E-state index contributed by atoms with van der Waals surface area (Å²) >= 11 is 0. The van der Waals surface area contributed by atoms with Crippen molar-refractivity contribution >= 4 is 16.0 Å². The van der Waals surface area contributed by atoms with Gasteiger partial charge in [0.05, 0.1) is 12.3 Å². The van der Waals surface area contributed by atoms with E-state index in [4.69, 9.17) is 4.74 Å². The molecule has 0 fully saturated rings. The molecule has 1 aliphatic rings. The highest BCUT2D eigenvalue weighted by atomic mass is 32.2. The molecule has 5 nitrogen and oxygen atoms in total. The van der Waals surface area contributed by atoms with E-state index >= 15 is 0 Å². The average molecular weight is 466 g/mol. The predicted molar refractivity (Wildman–Crippen MR) is 134 cm³/mol. The van der Waals surface area contributed by atoms with Crippen molar-refractivity contribution in [1.29, 1.82) is 0 Å². The molecule has 1 aromatic rings.